The summed E-state index contributed by atoms with van der Waals surface area (Å²) in [5.41, 5.74) is 3.04. The number of hydrogen-bond donors (Lipinski definition) is 1. The minimum atomic E-state index is -0.499. The predicted molar refractivity (Wildman–Crippen MR) is 105 cm³/mol. The maximum atomic E-state index is 13.0. The first-order valence-corrected chi connectivity index (χ1v) is 9.13. The van der Waals surface area contributed by atoms with E-state index in [1.807, 2.05) is 50.2 Å². The van der Waals surface area contributed by atoms with Crippen molar-refractivity contribution in [2.45, 2.75) is 39.3 Å². The second-order valence-corrected chi connectivity index (χ2v) is 6.79. The topological polar surface area (TPSA) is 49.4 Å². The first-order chi connectivity index (χ1) is 12.4. The van der Waals surface area contributed by atoms with Crippen LogP contribution in [0.2, 0.25) is 5.02 Å². The summed E-state index contributed by atoms with van der Waals surface area (Å²) in [5.74, 6) is -0.229. The van der Waals surface area contributed by atoms with E-state index in [0.29, 0.717) is 18.0 Å². The minimum absolute atomic E-state index is 0.0802. The van der Waals surface area contributed by atoms with Gasteiger partial charge in [0.1, 0.15) is 6.04 Å². The number of rotatable bonds is 7. The maximum Gasteiger partial charge on any atom is 0.242 e. The van der Waals surface area contributed by atoms with Crippen molar-refractivity contribution in [1.29, 1.82) is 0 Å². The molecule has 2 rings (SSSR count). The Kier molecular flexibility index (Phi) is 7.22. The summed E-state index contributed by atoms with van der Waals surface area (Å²) < 4.78 is 0. The first kappa shape index (κ1) is 20.0. The molecular formula is C21H25ClN2O2. The van der Waals surface area contributed by atoms with Gasteiger partial charge in [-0.05, 0) is 36.6 Å². The summed E-state index contributed by atoms with van der Waals surface area (Å²) in [4.78, 5) is 27.0. The molecule has 1 N–H and O–H groups in total. The highest BCUT2D eigenvalue weighted by Gasteiger charge is 2.27. The fraction of sp³-hybridized carbons (Fsp3) is 0.333. The molecule has 26 heavy (non-hydrogen) atoms. The van der Waals surface area contributed by atoms with Crippen molar-refractivity contribution >= 4 is 23.4 Å². The van der Waals surface area contributed by atoms with Crippen LogP contribution in [0.25, 0.3) is 0 Å². The molecule has 2 amide bonds. The highest BCUT2D eigenvalue weighted by atomic mass is 35.5. The first-order valence-electron chi connectivity index (χ1n) is 8.75. The van der Waals surface area contributed by atoms with Gasteiger partial charge in [0.25, 0.3) is 0 Å². The molecule has 0 saturated heterocycles. The van der Waals surface area contributed by atoms with Crippen molar-refractivity contribution in [2.24, 2.45) is 0 Å². The minimum Gasteiger partial charge on any atom is -0.357 e. The van der Waals surface area contributed by atoms with Crippen LogP contribution in [0.4, 0.5) is 0 Å². The van der Waals surface area contributed by atoms with Crippen molar-refractivity contribution in [3.8, 4) is 0 Å². The summed E-state index contributed by atoms with van der Waals surface area (Å²) in [7, 11) is 1.60. The lowest BCUT2D eigenvalue weighted by Crippen LogP contribution is -2.48. The van der Waals surface area contributed by atoms with Crippen LogP contribution in [0.3, 0.4) is 0 Å². The zero-order chi connectivity index (χ0) is 19.1. The molecule has 0 heterocycles. The molecular weight excluding hydrogens is 348 g/mol. The van der Waals surface area contributed by atoms with Crippen LogP contribution in [-0.2, 0) is 22.6 Å². The molecule has 138 valence electrons. The smallest absolute Gasteiger partial charge is 0.242 e. The number of hydrogen-bond acceptors (Lipinski definition) is 2. The summed E-state index contributed by atoms with van der Waals surface area (Å²) in [5, 5.41) is 3.30. The van der Waals surface area contributed by atoms with Crippen molar-refractivity contribution in [1.82, 2.24) is 10.2 Å². The summed E-state index contributed by atoms with van der Waals surface area (Å²) in [6, 6.07) is 14.7. The van der Waals surface area contributed by atoms with Crippen LogP contribution < -0.4 is 5.32 Å². The van der Waals surface area contributed by atoms with Gasteiger partial charge in [-0.1, -0.05) is 60.5 Å². The van der Waals surface area contributed by atoms with E-state index in [2.05, 4.69) is 5.32 Å². The monoisotopic (exact) mass is 372 g/mol. The SMILES string of the molecule is CCC(C(=O)NC)N(Cc1ccc(C)cc1)C(=O)Cc1ccc(Cl)cc1. The summed E-state index contributed by atoms with van der Waals surface area (Å²) >= 11 is 5.92. The fourth-order valence-electron chi connectivity index (χ4n) is 2.85. The maximum absolute atomic E-state index is 13.0. The molecule has 1 atom stereocenters. The van der Waals surface area contributed by atoms with Gasteiger partial charge in [-0.15, -0.1) is 0 Å². The number of carbonyl (C=O) groups excluding carboxylic acids is 2. The number of nitrogens with zero attached hydrogens (tertiary/aromatic N) is 1. The van der Waals surface area contributed by atoms with Crippen LogP contribution in [0, 0.1) is 6.92 Å². The van der Waals surface area contributed by atoms with E-state index in [1.165, 1.54) is 0 Å². The van der Waals surface area contributed by atoms with Crippen molar-refractivity contribution in [3.63, 3.8) is 0 Å². The van der Waals surface area contributed by atoms with Gasteiger partial charge in [0.2, 0.25) is 11.8 Å². The Labute approximate surface area is 160 Å². The molecule has 1 unspecified atom stereocenters. The van der Waals surface area contributed by atoms with E-state index >= 15 is 0 Å². The van der Waals surface area contributed by atoms with Crippen LogP contribution in [-0.4, -0.2) is 29.8 Å². The Morgan fingerprint density at radius 2 is 1.62 bits per heavy atom. The fourth-order valence-corrected chi connectivity index (χ4v) is 2.98. The van der Waals surface area contributed by atoms with E-state index in [1.54, 1.807) is 24.1 Å². The van der Waals surface area contributed by atoms with E-state index in [0.717, 1.165) is 16.7 Å². The number of likely N-dealkylation sites (N-methyl/N-ethyl adjacent to an activating group) is 1. The van der Waals surface area contributed by atoms with Gasteiger partial charge >= 0.3 is 0 Å². The largest absolute Gasteiger partial charge is 0.357 e. The number of amides is 2. The van der Waals surface area contributed by atoms with Crippen molar-refractivity contribution in [2.75, 3.05) is 7.05 Å². The van der Waals surface area contributed by atoms with Gasteiger partial charge < -0.3 is 10.2 Å². The molecule has 0 radical (unpaired) electrons. The second kappa shape index (κ2) is 9.39. The molecule has 0 fully saturated rings. The third-order valence-corrected chi connectivity index (χ3v) is 4.63. The molecule has 0 aliphatic heterocycles. The Bertz CT molecular complexity index is 742. The van der Waals surface area contributed by atoms with E-state index in [-0.39, 0.29) is 18.2 Å². The zero-order valence-corrected chi connectivity index (χ0v) is 16.2. The van der Waals surface area contributed by atoms with E-state index < -0.39 is 6.04 Å². The lowest BCUT2D eigenvalue weighted by atomic mass is 10.1. The van der Waals surface area contributed by atoms with Crippen molar-refractivity contribution in [3.05, 3.63) is 70.2 Å². The number of halogens is 1. The Morgan fingerprint density at radius 3 is 2.15 bits per heavy atom. The Balaban J connectivity index is 2.25. The number of benzene rings is 2. The highest BCUT2D eigenvalue weighted by molar-refractivity contribution is 6.30. The highest BCUT2D eigenvalue weighted by Crippen LogP contribution is 2.16. The predicted octanol–water partition coefficient (Wildman–Crippen LogP) is 3.74. The zero-order valence-electron chi connectivity index (χ0n) is 15.5. The standard InChI is InChI=1S/C21H25ClN2O2/c1-4-19(21(26)23-3)24(14-17-7-5-15(2)6-8-17)20(25)13-16-9-11-18(22)12-10-16/h5-12,19H,4,13-14H2,1-3H3,(H,23,26). The average molecular weight is 373 g/mol. The molecule has 0 spiro atoms. The third kappa shape index (κ3) is 5.33. The van der Waals surface area contributed by atoms with Crippen LogP contribution in [0.5, 0.6) is 0 Å². The van der Waals surface area contributed by atoms with Crippen LogP contribution in [0.15, 0.2) is 48.5 Å². The lowest BCUT2D eigenvalue weighted by molar-refractivity contribution is -0.140. The normalized spacial score (nSPS) is 11.7. The van der Waals surface area contributed by atoms with E-state index in [9.17, 15) is 9.59 Å². The number of carbonyl (C=O) groups is 2. The van der Waals surface area contributed by atoms with Gasteiger partial charge in [0, 0.05) is 18.6 Å². The molecule has 2 aromatic rings. The van der Waals surface area contributed by atoms with Crippen LogP contribution in [0.1, 0.15) is 30.0 Å². The van der Waals surface area contributed by atoms with Gasteiger partial charge in [-0.25, -0.2) is 0 Å². The molecule has 0 bridgehead atoms. The Hall–Kier alpha value is -2.33. The molecule has 2 aromatic carbocycles. The molecule has 0 saturated carbocycles. The second-order valence-electron chi connectivity index (χ2n) is 6.35. The van der Waals surface area contributed by atoms with Crippen molar-refractivity contribution < 1.29 is 9.59 Å². The van der Waals surface area contributed by atoms with Crippen LogP contribution >= 0.6 is 11.6 Å². The molecule has 0 aliphatic rings. The third-order valence-electron chi connectivity index (χ3n) is 4.37. The Morgan fingerprint density at radius 1 is 1.04 bits per heavy atom. The molecule has 4 nitrogen and oxygen atoms in total. The van der Waals surface area contributed by atoms with Gasteiger partial charge in [-0.2, -0.15) is 0 Å². The van der Waals surface area contributed by atoms with Gasteiger partial charge in [0.15, 0.2) is 0 Å². The summed E-state index contributed by atoms with van der Waals surface area (Å²) in [6.07, 6.45) is 0.786. The van der Waals surface area contributed by atoms with E-state index in [4.69, 9.17) is 11.6 Å². The number of aryl methyl sites for hydroxylation is 1. The summed E-state index contributed by atoms with van der Waals surface area (Å²) in [6.45, 7) is 4.34. The van der Waals surface area contributed by atoms with Gasteiger partial charge in [-0.3, -0.25) is 9.59 Å². The molecule has 0 aromatic heterocycles. The average Bonchev–Trinajstić information content (AvgIpc) is 2.64. The quantitative estimate of drug-likeness (QED) is 0.804. The lowest BCUT2D eigenvalue weighted by Gasteiger charge is -2.30. The molecule has 0 aliphatic carbocycles. The molecule has 5 heteroatoms. The van der Waals surface area contributed by atoms with Gasteiger partial charge in [0.05, 0.1) is 6.42 Å². The number of nitrogens with one attached hydrogen (secondary N) is 1.